The van der Waals surface area contributed by atoms with Crippen molar-refractivity contribution in [1.29, 1.82) is 0 Å². The van der Waals surface area contributed by atoms with Crippen LogP contribution in [0.15, 0.2) is 71.9 Å². The molecule has 0 saturated heterocycles. The zero-order valence-electron chi connectivity index (χ0n) is 16.0. The van der Waals surface area contributed by atoms with Gasteiger partial charge in [-0.2, -0.15) is 0 Å². The first kappa shape index (κ1) is 22.7. The molecule has 0 aliphatic heterocycles. The van der Waals surface area contributed by atoms with Gasteiger partial charge in [-0.1, -0.05) is 108 Å². The zero-order valence-corrected chi connectivity index (χ0v) is 16.0. The van der Waals surface area contributed by atoms with Gasteiger partial charge in [0.1, 0.15) is 0 Å². The fourth-order valence-corrected chi connectivity index (χ4v) is 1.82. The average Bonchev–Trinajstić information content (AvgIpc) is 2.43. The van der Waals surface area contributed by atoms with E-state index in [1.54, 1.807) is 0 Å². The topological polar surface area (TPSA) is 0 Å². The van der Waals surface area contributed by atoms with Crippen molar-refractivity contribution in [3.05, 3.63) is 71.9 Å². The molecule has 0 aromatic carbocycles. The fraction of sp³-hybridized carbons (Fsp3) is 0.455. The Bertz CT molecular complexity index is 443. The summed E-state index contributed by atoms with van der Waals surface area (Å²) in [5.41, 5.74) is 3.93. The van der Waals surface area contributed by atoms with Gasteiger partial charge in [-0.3, -0.25) is 0 Å². The van der Waals surface area contributed by atoms with E-state index in [0.29, 0.717) is 0 Å². The number of allylic oxidation sites excluding steroid dienone is 11. The average molecular weight is 301 g/mol. The maximum absolute atomic E-state index is 3.82. The minimum atomic E-state index is 0.233. The minimum absolute atomic E-state index is 0.233. The number of rotatable bonds is 6. The Morgan fingerprint density at radius 1 is 0.955 bits per heavy atom. The second-order valence-electron chi connectivity index (χ2n) is 6.17. The van der Waals surface area contributed by atoms with Gasteiger partial charge in [0, 0.05) is 0 Å². The van der Waals surface area contributed by atoms with Gasteiger partial charge in [-0.15, -0.1) is 0 Å². The highest BCUT2D eigenvalue weighted by molar-refractivity contribution is 5.35. The predicted molar refractivity (Wildman–Crippen MR) is 105 cm³/mol. The van der Waals surface area contributed by atoms with E-state index in [1.807, 2.05) is 19.9 Å². The summed E-state index contributed by atoms with van der Waals surface area (Å²) in [4.78, 5) is 0. The predicted octanol–water partition coefficient (Wildman–Crippen LogP) is 7.59. The van der Waals surface area contributed by atoms with E-state index in [1.165, 1.54) is 16.7 Å². The van der Waals surface area contributed by atoms with E-state index in [9.17, 15) is 0 Å². The summed E-state index contributed by atoms with van der Waals surface area (Å²) in [6, 6.07) is 0. The molecule has 0 saturated carbocycles. The standard InChI is InChI=1S/C20H30.C2H6/c1-8-11-19(9-2)15-14-17(3)12-10-13-18(4)16-20(5,6)7;1-2/h9-16H,2,8H2,1,3-7H3;1-2H3/b13-10+,15-14+,17-12+,18-16+,19-11+;. The Hall–Kier alpha value is -1.56. The summed E-state index contributed by atoms with van der Waals surface area (Å²) in [6.45, 7) is 20.8. The van der Waals surface area contributed by atoms with Gasteiger partial charge in [0.25, 0.3) is 0 Å². The highest BCUT2D eigenvalue weighted by atomic mass is 14.1. The first-order valence-electron chi connectivity index (χ1n) is 8.33. The summed E-state index contributed by atoms with van der Waals surface area (Å²) < 4.78 is 0. The van der Waals surface area contributed by atoms with Gasteiger partial charge in [-0.25, -0.2) is 0 Å². The summed E-state index contributed by atoms with van der Waals surface area (Å²) >= 11 is 0. The third kappa shape index (κ3) is 14.8. The van der Waals surface area contributed by atoms with Crippen LogP contribution in [0.2, 0.25) is 0 Å². The van der Waals surface area contributed by atoms with Crippen LogP contribution >= 0.6 is 0 Å². The summed E-state index contributed by atoms with van der Waals surface area (Å²) in [5, 5.41) is 0. The molecule has 0 rings (SSSR count). The van der Waals surface area contributed by atoms with Crippen molar-refractivity contribution < 1.29 is 0 Å². The maximum Gasteiger partial charge on any atom is -0.0197 e. The summed E-state index contributed by atoms with van der Waals surface area (Å²) in [7, 11) is 0. The third-order valence-corrected chi connectivity index (χ3v) is 2.59. The lowest BCUT2D eigenvalue weighted by Gasteiger charge is -2.12. The van der Waals surface area contributed by atoms with Crippen LogP contribution in [0.25, 0.3) is 0 Å². The molecule has 0 heterocycles. The van der Waals surface area contributed by atoms with E-state index >= 15 is 0 Å². The van der Waals surface area contributed by atoms with Crippen LogP contribution in [0.4, 0.5) is 0 Å². The maximum atomic E-state index is 3.82. The molecule has 0 unspecified atom stereocenters. The van der Waals surface area contributed by atoms with E-state index in [0.717, 1.165) is 6.42 Å². The highest BCUT2D eigenvalue weighted by Gasteiger charge is 2.04. The minimum Gasteiger partial charge on any atom is -0.0985 e. The van der Waals surface area contributed by atoms with E-state index in [4.69, 9.17) is 0 Å². The van der Waals surface area contributed by atoms with Crippen LogP contribution in [0.5, 0.6) is 0 Å². The first-order valence-corrected chi connectivity index (χ1v) is 8.33. The van der Waals surface area contributed by atoms with Gasteiger partial charge >= 0.3 is 0 Å². The van der Waals surface area contributed by atoms with Gasteiger partial charge in [0.15, 0.2) is 0 Å². The number of hydrogen-bond acceptors (Lipinski definition) is 0. The van der Waals surface area contributed by atoms with Crippen LogP contribution in [-0.4, -0.2) is 0 Å². The molecule has 0 radical (unpaired) electrons. The Morgan fingerprint density at radius 3 is 2.00 bits per heavy atom. The molecule has 0 nitrogen and oxygen atoms in total. The summed E-state index contributed by atoms with van der Waals surface area (Å²) in [6.07, 6.45) is 18.0. The Kier molecular flexibility index (Phi) is 13.6. The molecule has 0 aliphatic rings. The molecule has 0 aliphatic carbocycles. The lowest BCUT2D eigenvalue weighted by Crippen LogP contribution is -1.99. The van der Waals surface area contributed by atoms with E-state index in [2.05, 4.69) is 90.7 Å². The van der Waals surface area contributed by atoms with E-state index in [-0.39, 0.29) is 5.41 Å². The molecule has 0 heteroatoms. The SMILES string of the molecule is C=CC(/C=C/C(C)=C/C=C/C(C)=C/C(C)(C)C)=C\CC.CC. The van der Waals surface area contributed by atoms with Crippen LogP contribution < -0.4 is 0 Å². The van der Waals surface area contributed by atoms with Crippen molar-refractivity contribution in [1.82, 2.24) is 0 Å². The van der Waals surface area contributed by atoms with Crippen LogP contribution in [0.1, 0.15) is 61.8 Å². The monoisotopic (exact) mass is 300 g/mol. The molecular weight excluding hydrogens is 264 g/mol. The molecule has 22 heavy (non-hydrogen) atoms. The van der Waals surface area contributed by atoms with Crippen molar-refractivity contribution in [2.75, 3.05) is 0 Å². The Labute approximate surface area is 139 Å². The molecule has 0 N–H and O–H groups in total. The molecule has 0 aromatic rings. The van der Waals surface area contributed by atoms with Crippen molar-refractivity contribution in [3.63, 3.8) is 0 Å². The van der Waals surface area contributed by atoms with Crippen LogP contribution in [0, 0.1) is 5.41 Å². The summed E-state index contributed by atoms with van der Waals surface area (Å²) in [5.74, 6) is 0. The van der Waals surface area contributed by atoms with Crippen molar-refractivity contribution in [3.8, 4) is 0 Å². The molecule has 124 valence electrons. The lowest BCUT2D eigenvalue weighted by molar-refractivity contribution is 0.541. The second kappa shape index (κ2) is 13.1. The molecule has 0 amide bonds. The smallest absolute Gasteiger partial charge is 0.0197 e. The molecule has 0 aromatic heterocycles. The highest BCUT2D eigenvalue weighted by Crippen LogP contribution is 2.17. The first-order chi connectivity index (χ1) is 10.3. The molecule has 0 atom stereocenters. The number of hydrogen-bond donors (Lipinski definition) is 0. The quantitative estimate of drug-likeness (QED) is 0.443. The molecule has 0 spiro atoms. The van der Waals surface area contributed by atoms with Crippen molar-refractivity contribution in [2.45, 2.75) is 61.8 Å². The lowest BCUT2D eigenvalue weighted by atomic mass is 9.94. The Balaban J connectivity index is 0. The van der Waals surface area contributed by atoms with Crippen molar-refractivity contribution >= 4 is 0 Å². The van der Waals surface area contributed by atoms with Gasteiger partial charge in [-0.05, 0) is 31.3 Å². The Morgan fingerprint density at radius 2 is 1.55 bits per heavy atom. The van der Waals surface area contributed by atoms with Crippen LogP contribution in [0.3, 0.4) is 0 Å². The van der Waals surface area contributed by atoms with Gasteiger partial charge < -0.3 is 0 Å². The molecule has 0 bridgehead atoms. The fourth-order valence-electron chi connectivity index (χ4n) is 1.82. The van der Waals surface area contributed by atoms with Crippen molar-refractivity contribution in [2.24, 2.45) is 5.41 Å². The largest absolute Gasteiger partial charge is 0.0985 e. The molecule has 0 fully saturated rings. The third-order valence-electron chi connectivity index (χ3n) is 2.59. The van der Waals surface area contributed by atoms with Gasteiger partial charge in [0.05, 0.1) is 0 Å². The normalized spacial score (nSPS) is 14.3. The van der Waals surface area contributed by atoms with E-state index < -0.39 is 0 Å². The molecular formula is C22H36. The zero-order chi connectivity index (χ0) is 17.6. The second-order valence-corrected chi connectivity index (χ2v) is 6.17. The van der Waals surface area contributed by atoms with Crippen LogP contribution in [-0.2, 0) is 0 Å². The van der Waals surface area contributed by atoms with Gasteiger partial charge in [0.2, 0.25) is 0 Å².